The molecule has 0 aromatic rings. The Kier molecular flexibility index (Phi) is 7.34. The Labute approximate surface area is 169 Å². The van der Waals surface area contributed by atoms with Gasteiger partial charge in [-0.3, -0.25) is 4.18 Å². The molecule has 162 valence electrons. The fraction of sp³-hybridized carbons (Fsp3) is 1.00. The molecular weight excluding hydrogens is 396 g/mol. The van der Waals surface area contributed by atoms with E-state index in [1.54, 1.807) is 0 Å². The first-order valence-electron chi connectivity index (χ1n) is 9.92. The molecule has 0 aromatic carbocycles. The predicted octanol–water partition coefficient (Wildman–Crippen LogP) is 5.30. The van der Waals surface area contributed by atoms with Gasteiger partial charge in [0.15, 0.2) is 16.6 Å². The quantitative estimate of drug-likeness (QED) is 0.361. The van der Waals surface area contributed by atoms with E-state index >= 15 is 0 Å². The van der Waals surface area contributed by atoms with E-state index in [0.29, 0.717) is 13.0 Å². The third-order valence-corrected chi connectivity index (χ3v) is 16.1. The number of hydrogen-bond acceptors (Lipinski definition) is 5. The highest BCUT2D eigenvalue weighted by molar-refractivity contribution is 7.86. The van der Waals surface area contributed by atoms with E-state index in [4.69, 9.17) is 13.0 Å². The summed E-state index contributed by atoms with van der Waals surface area (Å²) in [4.78, 5) is 0. The van der Waals surface area contributed by atoms with Gasteiger partial charge < -0.3 is 8.85 Å². The molecule has 0 heterocycles. The molecule has 0 saturated heterocycles. The van der Waals surface area contributed by atoms with E-state index in [-0.39, 0.29) is 16.2 Å². The molecule has 0 aliphatic heterocycles. The van der Waals surface area contributed by atoms with Crippen molar-refractivity contribution in [2.24, 2.45) is 0 Å². The van der Waals surface area contributed by atoms with Crippen LogP contribution in [-0.4, -0.2) is 49.6 Å². The van der Waals surface area contributed by atoms with E-state index in [0.717, 1.165) is 19.1 Å². The zero-order valence-corrected chi connectivity index (χ0v) is 22.2. The summed E-state index contributed by atoms with van der Waals surface area (Å²) >= 11 is 0. The summed E-state index contributed by atoms with van der Waals surface area (Å²) < 4.78 is 41.9. The van der Waals surface area contributed by atoms with E-state index in [1.807, 2.05) is 0 Å². The zero-order chi connectivity index (χ0) is 21.5. The first kappa shape index (κ1) is 25.3. The first-order chi connectivity index (χ1) is 11.7. The highest BCUT2D eigenvalue weighted by atomic mass is 32.2. The van der Waals surface area contributed by atoms with E-state index < -0.39 is 32.4 Å². The van der Waals surface area contributed by atoms with Crippen LogP contribution in [0.2, 0.25) is 36.3 Å². The lowest BCUT2D eigenvalue weighted by molar-refractivity contribution is 0.0540. The van der Waals surface area contributed by atoms with Crippen molar-refractivity contribution >= 4 is 26.8 Å². The van der Waals surface area contributed by atoms with Crippen molar-refractivity contribution in [1.29, 1.82) is 0 Å². The van der Waals surface area contributed by atoms with Crippen molar-refractivity contribution in [2.45, 2.75) is 109 Å². The van der Waals surface area contributed by atoms with Crippen molar-refractivity contribution in [2.75, 3.05) is 12.9 Å². The molecule has 0 bridgehead atoms. The van der Waals surface area contributed by atoms with Crippen LogP contribution in [0.1, 0.15) is 60.8 Å². The van der Waals surface area contributed by atoms with Crippen molar-refractivity contribution < 1.29 is 21.5 Å². The molecule has 0 N–H and O–H groups in total. The van der Waals surface area contributed by atoms with Gasteiger partial charge in [0.1, 0.15) is 0 Å². The molecular formula is C19H42O5SSi2. The number of rotatable bonds is 9. The van der Waals surface area contributed by atoms with E-state index in [2.05, 4.69) is 67.7 Å². The van der Waals surface area contributed by atoms with Crippen molar-refractivity contribution in [3.63, 3.8) is 0 Å². The summed E-state index contributed by atoms with van der Waals surface area (Å²) in [7, 11) is -7.40. The second kappa shape index (κ2) is 7.83. The lowest BCUT2D eigenvalue weighted by atomic mass is 10.1. The van der Waals surface area contributed by atoms with Gasteiger partial charge in [-0.15, -0.1) is 0 Å². The molecule has 1 rings (SSSR count). The minimum Gasteiger partial charge on any atom is -0.414 e. The Balaban J connectivity index is 2.97. The van der Waals surface area contributed by atoms with Crippen molar-refractivity contribution in [1.82, 2.24) is 0 Å². The van der Waals surface area contributed by atoms with Gasteiger partial charge in [-0.05, 0) is 49.1 Å². The van der Waals surface area contributed by atoms with Gasteiger partial charge >= 0.3 is 0 Å². The molecule has 1 atom stereocenters. The third kappa shape index (κ3) is 7.55. The summed E-state index contributed by atoms with van der Waals surface area (Å²) in [6.45, 7) is 22.7. The SMILES string of the molecule is CC(C)(C)[Si](C)(C)OC[C@H](CC1(OS(C)(=O)=O)CC1)O[Si](C)(C)C(C)(C)C. The summed E-state index contributed by atoms with van der Waals surface area (Å²) in [5, 5.41) is 0.200. The van der Waals surface area contributed by atoms with E-state index in [9.17, 15) is 8.42 Å². The second-order valence-corrected chi connectivity index (χ2v) is 22.4. The average molecular weight is 439 g/mol. The van der Waals surface area contributed by atoms with Gasteiger partial charge in [0.25, 0.3) is 10.1 Å². The largest absolute Gasteiger partial charge is 0.414 e. The van der Waals surface area contributed by atoms with Gasteiger partial charge in [0, 0.05) is 6.42 Å². The normalized spacial score (nSPS) is 19.8. The second-order valence-electron chi connectivity index (χ2n) is 11.2. The summed E-state index contributed by atoms with van der Waals surface area (Å²) in [6, 6.07) is 0. The van der Waals surface area contributed by atoms with Crippen LogP contribution in [0.4, 0.5) is 0 Å². The van der Waals surface area contributed by atoms with Gasteiger partial charge in [-0.1, -0.05) is 41.5 Å². The highest BCUT2D eigenvalue weighted by Gasteiger charge is 2.51. The third-order valence-electron chi connectivity index (χ3n) is 6.44. The molecule has 8 heteroatoms. The molecule has 0 amide bonds. The van der Waals surface area contributed by atoms with Gasteiger partial charge in [0.05, 0.1) is 24.6 Å². The van der Waals surface area contributed by atoms with Crippen LogP contribution in [0, 0.1) is 0 Å². The highest BCUT2D eigenvalue weighted by Crippen LogP contribution is 2.47. The monoisotopic (exact) mass is 438 g/mol. The molecule has 0 aromatic heterocycles. The molecule has 5 nitrogen and oxygen atoms in total. The maximum Gasteiger partial charge on any atom is 0.264 e. The van der Waals surface area contributed by atoms with Crippen LogP contribution >= 0.6 is 0 Å². The van der Waals surface area contributed by atoms with Gasteiger partial charge in [-0.25, -0.2) is 0 Å². The Morgan fingerprint density at radius 2 is 1.37 bits per heavy atom. The predicted molar refractivity (Wildman–Crippen MR) is 118 cm³/mol. The Hall–Kier alpha value is 0.264. The van der Waals surface area contributed by atoms with Gasteiger partial charge in [-0.2, -0.15) is 8.42 Å². The molecule has 0 unspecified atom stereocenters. The van der Waals surface area contributed by atoms with Crippen LogP contribution in [0.15, 0.2) is 0 Å². The summed E-state index contributed by atoms with van der Waals surface area (Å²) in [5.41, 5.74) is -0.600. The molecule has 1 aliphatic carbocycles. The molecule has 0 spiro atoms. The van der Waals surface area contributed by atoms with Gasteiger partial charge in [0.2, 0.25) is 0 Å². The van der Waals surface area contributed by atoms with Crippen LogP contribution in [0.25, 0.3) is 0 Å². The van der Waals surface area contributed by atoms with E-state index in [1.165, 1.54) is 0 Å². The Morgan fingerprint density at radius 1 is 0.926 bits per heavy atom. The van der Waals surface area contributed by atoms with Crippen molar-refractivity contribution in [3.05, 3.63) is 0 Å². The van der Waals surface area contributed by atoms with Crippen LogP contribution in [0.5, 0.6) is 0 Å². The average Bonchev–Trinajstić information content (AvgIpc) is 3.09. The van der Waals surface area contributed by atoms with Crippen LogP contribution < -0.4 is 0 Å². The first-order valence-corrected chi connectivity index (χ1v) is 17.6. The number of hydrogen-bond donors (Lipinski definition) is 0. The topological polar surface area (TPSA) is 61.8 Å². The minimum absolute atomic E-state index is 0.0800. The molecule has 1 fully saturated rings. The van der Waals surface area contributed by atoms with Crippen LogP contribution in [0.3, 0.4) is 0 Å². The molecule has 1 saturated carbocycles. The van der Waals surface area contributed by atoms with Crippen molar-refractivity contribution in [3.8, 4) is 0 Å². The zero-order valence-electron chi connectivity index (χ0n) is 19.4. The summed E-state index contributed by atoms with van der Waals surface area (Å²) in [5.74, 6) is 0. The maximum absolute atomic E-state index is 11.7. The molecule has 1 aliphatic rings. The van der Waals surface area contributed by atoms with Crippen LogP contribution in [-0.2, 0) is 23.2 Å². The summed E-state index contributed by atoms with van der Waals surface area (Å²) in [6.07, 6.45) is 3.07. The Bertz CT molecular complexity index is 611. The smallest absolute Gasteiger partial charge is 0.264 e. The fourth-order valence-electron chi connectivity index (χ4n) is 2.44. The lowest BCUT2D eigenvalue weighted by Gasteiger charge is -2.42. The molecule has 27 heavy (non-hydrogen) atoms. The fourth-order valence-corrected chi connectivity index (χ4v) is 5.69. The standard InChI is InChI=1S/C19H42O5SSi2/c1-17(2,3)26(8,9)22-15-16(23-27(10,11)18(4,5)6)14-19(12-13-19)24-25(7,20)21/h16H,12-15H2,1-11H3/t16-/m0/s1. The maximum atomic E-state index is 11.7. The minimum atomic E-state index is -3.48. The molecule has 0 radical (unpaired) electrons. The Morgan fingerprint density at radius 3 is 1.70 bits per heavy atom. The lowest BCUT2D eigenvalue weighted by Crippen LogP contribution is -2.49.